The second kappa shape index (κ2) is 9.59. The summed E-state index contributed by atoms with van der Waals surface area (Å²) >= 11 is 0. The van der Waals surface area contributed by atoms with Gasteiger partial charge in [0.2, 0.25) is 0 Å². The average Bonchev–Trinajstić information content (AvgIpc) is 2.83. The molecule has 14 heteroatoms. The van der Waals surface area contributed by atoms with E-state index in [2.05, 4.69) is 20.3 Å². The number of aromatic nitrogens is 3. The van der Waals surface area contributed by atoms with Gasteiger partial charge in [-0.05, 0) is 48.5 Å². The van der Waals surface area contributed by atoms with Crippen molar-refractivity contribution in [3.05, 3.63) is 72.2 Å². The summed E-state index contributed by atoms with van der Waals surface area (Å²) in [6.07, 6.45) is -3.40. The Labute approximate surface area is 206 Å². The van der Waals surface area contributed by atoms with Gasteiger partial charge in [0, 0.05) is 29.9 Å². The van der Waals surface area contributed by atoms with Gasteiger partial charge in [0.1, 0.15) is 12.4 Å². The highest BCUT2D eigenvalue weighted by Gasteiger charge is 2.46. The maximum atomic E-state index is 13.5. The maximum Gasteiger partial charge on any atom is 0.501 e. The van der Waals surface area contributed by atoms with Crippen molar-refractivity contribution in [2.24, 2.45) is 0 Å². The molecule has 0 bridgehead atoms. The number of hydrogen-bond donors (Lipinski definition) is 1. The van der Waals surface area contributed by atoms with Crippen molar-refractivity contribution in [1.82, 2.24) is 15.0 Å². The molecule has 2 aromatic heterocycles. The first-order valence-electron chi connectivity index (χ1n) is 10.3. The number of halogens is 6. The number of hydrogen-bond acceptors (Lipinski definition) is 7. The van der Waals surface area contributed by atoms with Crippen LogP contribution in [0.2, 0.25) is 0 Å². The van der Waals surface area contributed by atoms with Crippen LogP contribution in [-0.2, 0) is 27.4 Å². The number of nitrogens with zero attached hydrogens (tertiary/aromatic N) is 3. The van der Waals surface area contributed by atoms with E-state index < -0.39 is 32.0 Å². The number of rotatable bonds is 6. The number of sulfone groups is 1. The van der Waals surface area contributed by atoms with E-state index in [-0.39, 0.29) is 40.7 Å². The molecule has 0 fully saturated rings. The Morgan fingerprint density at radius 2 is 1.65 bits per heavy atom. The molecule has 1 N–H and O–H groups in total. The Hall–Kier alpha value is -3.78. The lowest BCUT2D eigenvalue weighted by Crippen LogP contribution is -2.23. The summed E-state index contributed by atoms with van der Waals surface area (Å²) in [5.74, 6) is 0.343. The third-order valence-corrected chi connectivity index (χ3v) is 6.64. The molecule has 0 saturated heterocycles. The molecule has 0 saturated carbocycles. The van der Waals surface area contributed by atoms with Crippen molar-refractivity contribution in [2.45, 2.75) is 23.2 Å². The molecule has 0 unspecified atom stereocenters. The normalized spacial score (nSPS) is 12.6. The van der Waals surface area contributed by atoms with Crippen LogP contribution in [0.15, 0.2) is 65.7 Å². The first-order valence-corrected chi connectivity index (χ1v) is 11.8. The van der Waals surface area contributed by atoms with Crippen molar-refractivity contribution in [2.75, 3.05) is 12.4 Å². The van der Waals surface area contributed by atoms with Gasteiger partial charge in [0.25, 0.3) is 9.84 Å². The molecule has 7 nitrogen and oxygen atoms in total. The van der Waals surface area contributed by atoms with E-state index in [0.717, 1.165) is 30.3 Å². The molecule has 2 aromatic carbocycles. The number of anilines is 2. The first-order chi connectivity index (χ1) is 17.3. The second-order valence-electron chi connectivity index (χ2n) is 7.65. The van der Waals surface area contributed by atoms with E-state index in [1.165, 1.54) is 37.6 Å². The molecule has 4 rings (SSSR count). The number of nitrogens with one attached hydrogen (secondary N) is 1. The zero-order chi connectivity index (χ0) is 27.0. The smallest absolute Gasteiger partial charge is 0.377 e. The molecule has 0 spiro atoms. The van der Waals surface area contributed by atoms with Crippen LogP contribution >= 0.6 is 0 Å². The molecule has 37 heavy (non-hydrogen) atoms. The van der Waals surface area contributed by atoms with Crippen molar-refractivity contribution >= 4 is 32.2 Å². The summed E-state index contributed by atoms with van der Waals surface area (Å²) in [5, 5.41) is 3.25. The van der Waals surface area contributed by atoms with Crippen molar-refractivity contribution < 1.29 is 39.5 Å². The van der Waals surface area contributed by atoms with E-state index in [0.29, 0.717) is 5.39 Å². The lowest BCUT2D eigenvalue weighted by molar-refractivity contribution is -0.137. The molecule has 0 aliphatic heterocycles. The fraction of sp³-hybridized carbons (Fsp3) is 0.174. The van der Waals surface area contributed by atoms with Crippen LogP contribution in [0.4, 0.5) is 37.8 Å². The molecule has 0 aliphatic rings. The molecule has 0 atom stereocenters. The Morgan fingerprint density at radius 3 is 2.27 bits per heavy atom. The largest absolute Gasteiger partial charge is 0.501 e. The standard InChI is InChI=1S/C23H16F6N4O3S/c1-36-12-19-32-18-11-13(20-17(22(24,25)26)3-2-10-30-20)4-9-16(18)21(33-19)31-14-5-7-15(8-6-14)37(34,35)23(27,28)29/h2-11H,12H2,1H3,(H,31,32,33). The van der Waals surface area contributed by atoms with E-state index >= 15 is 0 Å². The van der Waals surface area contributed by atoms with Gasteiger partial charge in [-0.25, -0.2) is 18.4 Å². The summed E-state index contributed by atoms with van der Waals surface area (Å²) in [6.45, 7) is -0.0466. The highest BCUT2D eigenvalue weighted by Crippen LogP contribution is 2.37. The van der Waals surface area contributed by atoms with Crippen LogP contribution in [0, 0.1) is 0 Å². The van der Waals surface area contributed by atoms with Crippen molar-refractivity contribution in [3.8, 4) is 11.3 Å². The Morgan fingerprint density at radius 1 is 0.946 bits per heavy atom. The number of alkyl halides is 6. The fourth-order valence-corrected chi connectivity index (χ4v) is 4.23. The quantitative estimate of drug-likeness (QED) is 0.304. The average molecular weight is 542 g/mol. The highest BCUT2D eigenvalue weighted by atomic mass is 32.2. The lowest BCUT2D eigenvalue weighted by atomic mass is 10.0. The van der Waals surface area contributed by atoms with Crippen LogP contribution in [0.25, 0.3) is 22.2 Å². The minimum Gasteiger partial charge on any atom is -0.377 e. The minimum absolute atomic E-state index is 0.0466. The van der Waals surface area contributed by atoms with Crippen LogP contribution in [0.5, 0.6) is 0 Å². The van der Waals surface area contributed by atoms with Gasteiger partial charge in [0.15, 0.2) is 5.82 Å². The summed E-state index contributed by atoms with van der Waals surface area (Å²) in [4.78, 5) is 11.6. The SMILES string of the molecule is COCc1nc(Nc2ccc(S(=O)(=O)C(F)(F)F)cc2)c2ccc(-c3ncccc3C(F)(F)F)cc2n1. The molecule has 0 radical (unpaired) electrons. The Bertz CT molecular complexity index is 1560. The van der Waals surface area contributed by atoms with Gasteiger partial charge >= 0.3 is 11.7 Å². The monoisotopic (exact) mass is 542 g/mol. The first kappa shape index (κ1) is 26.3. The number of pyridine rings is 1. The Kier molecular flexibility index (Phi) is 6.81. The van der Waals surface area contributed by atoms with Crippen molar-refractivity contribution in [1.29, 1.82) is 0 Å². The predicted molar refractivity (Wildman–Crippen MR) is 121 cm³/mol. The molecule has 194 valence electrons. The Balaban J connectivity index is 1.77. The predicted octanol–water partition coefficient (Wildman–Crippen LogP) is 5.89. The summed E-state index contributed by atoms with van der Waals surface area (Å²) in [7, 11) is -4.13. The summed E-state index contributed by atoms with van der Waals surface area (Å²) < 4.78 is 107. The van der Waals surface area contributed by atoms with Gasteiger partial charge in [-0.15, -0.1) is 0 Å². The van der Waals surface area contributed by atoms with Gasteiger partial charge in [0.05, 0.1) is 21.7 Å². The van der Waals surface area contributed by atoms with E-state index in [1.807, 2.05) is 0 Å². The van der Waals surface area contributed by atoms with Gasteiger partial charge < -0.3 is 10.1 Å². The fourth-order valence-electron chi connectivity index (χ4n) is 3.47. The number of fused-ring (bicyclic) bond motifs is 1. The molecule has 4 aromatic rings. The van der Waals surface area contributed by atoms with E-state index in [4.69, 9.17) is 4.74 Å². The zero-order valence-corrected chi connectivity index (χ0v) is 19.5. The van der Waals surface area contributed by atoms with E-state index in [1.54, 1.807) is 0 Å². The van der Waals surface area contributed by atoms with Crippen LogP contribution in [0.1, 0.15) is 11.4 Å². The molecular formula is C23H16F6N4O3S. The lowest BCUT2D eigenvalue weighted by Gasteiger charge is -2.14. The minimum atomic E-state index is -5.52. The number of benzene rings is 2. The third-order valence-electron chi connectivity index (χ3n) is 5.14. The molecule has 0 aliphatic carbocycles. The second-order valence-corrected chi connectivity index (χ2v) is 9.59. The highest BCUT2D eigenvalue weighted by molar-refractivity contribution is 7.92. The molecule has 2 heterocycles. The maximum absolute atomic E-state index is 13.5. The summed E-state index contributed by atoms with van der Waals surface area (Å²) in [5.41, 5.74) is -6.06. The summed E-state index contributed by atoms with van der Waals surface area (Å²) in [6, 6.07) is 10.2. The van der Waals surface area contributed by atoms with Crippen molar-refractivity contribution in [3.63, 3.8) is 0 Å². The third kappa shape index (κ3) is 5.34. The number of methoxy groups -OCH3 is 1. The zero-order valence-electron chi connectivity index (χ0n) is 18.7. The van der Waals surface area contributed by atoms with Crippen LogP contribution in [-0.4, -0.2) is 36.0 Å². The van der Waals surface area contributed by atoms with Gasteiger partial charge in [-0.2, -0.15) is 26.3 Å². The van der Waals surface area contributed by atoms with Crippen LogP contribution in [0.3, 0.4) is 0 Å². The van der Waals surface area contributed by atoms with Gasteiger partial charge in [-0.3, -0.25) is 4.98 Å². The van der Waals surface area contributed by atoms with E-state index in [9.17, 15) is 34.8 Å². The van der Waals surface area contributed by atoms with Gasteiger partial charge in [-0.1, -0.05) is 6.07 Å². The number of ether oxygens (including phenoxy) is 1. The molecule has 0 amide bonds. The topological polar surface area (TPSA) is 94.1 Å². The molecular weight excluding hydrogens is 526 g/mol. The van der Waals surface area contributed by atoms with Crippen LogP contribution < -0.4 is 5.32 Å².